The Labute approximate surface area is 167 Å². The van der Waals surface area contributed by atoms with Crippen molar-refractivity contribution in [3.8, 4) is 0 Å². The van der Waals surface area contributed by atoms with Crippen LogP contribution in [0.1, 0.15) is 22.7 Å². The fourth-order valence-corrected chi connectivity index (χ4v) is 3.21. The van der Waals surface area contributed by atoms with Gasteiger partial charge in [-0.3, -0.25) is 4.90 Å². The minimum Gasteiger partial charge on any atom is -0.379 e. The summed E-state index contributed by atoms with van der Waals surface area (Å²) in [5.41, 5.74) is 0.624. The van der Waals surface area contributed by atoms with Gasteiger partial charge in [0.05, 0.1) is 24.8 Å². The smallest absolute Gasteiger partial charge is 0.379 e. The van der Waals surface area contributed by atoms with E-state index in [1.54, 1.807) is 6.07 Å². The Balaban J connectivity index is 1.61. The molecule has 1 atom stereocenters. The zero-order valence-corrected chi connectivity index (χ0v) is 15.9. The molecule has 2 N–H and O–H groups in total. The van der Waals surface area contributed by atoms with E-state index in [0.717, 1.165) is 30.8 Å². The van der Waals surface area contributed by atoms with Gasteiger partial charge in [-0.15, -0.1) is 0 Å². The summed E-state index contributed by atoms with van der Waals surface area (Å²) < 4.78 is 43.9. The number of hydrogen-bond donors (Lipinski definition) is 2. The molecule has 2 aromatic rings. The third-order valence-corrected chi connectivity index (χ3v) is 4.76. The monoisotopic (exact) mass is 407 g/mol. The topological polar surface area (TPSA) is 53.6 Å². The van der Waals surface area contributed by atoms with Crippen molar-refractivity contribution >= 4 is 6.03 Å². The summed E-state index contributed by atoms with van der Waals surface area (Å²) in [6.45, 7) is 3.53. The van der Waals surface area contributed by atoms with E-state index in [2.05, 4.69) is 15.5 Å². The number of carbonyl (C=O) groups is 1. The second-order valence-electron chi connectivity index (χ2n) is 6.90. The highest BCUT2D eigenvalue weighted by atomic mass is 19.4. The van der Waals surface area contributed by atoms with Crippen LogP contribution in [0.4, 0.5) is 18.0 Å². The first-order chi connectivity index (χ1) is 13.9. The van der Waals surface area contributed by atoms with Crippen LogP contribution in [0.15, 0.2) is 54.6 Å². The maximum Gasteiger partial charge on any atom is 0.416 e. The fraction of sp³-hybridized carbons (Fsp3) is 0.381. The molecule has 0 saturated carbocycles. The Hall–Kier alpha value is -2.58. The van der Waals surface area contributed by atoms with E-state index in [4.69, 9.17) is 4.74 Å². The van der Waals surface area contributed by atoms with E-state index >= 15 is 0 Å². The first-order valence-corrected chi connectivity index (χ1v) is 9.47. The lowest BCUT2D eigenvalue weighted by molar-refractivity contribution is -0.137. The van der Waals surface area contributed by atoms with Crippen molar-refractivity contribution in [3.05, 3.63) is 71.3 Å². The van der Waals surface area contributed by atoms with Gasteiger partial charge in [-0.25, -0.2) is 4.79 Å². The Morgan fingerprint density at radius 1 is 1.07 bits per heavy atom. The number of hydrogen-bond acceptors (Lipinski definition) is 3. The van der Waals surface area contributed by atoms with Gasteiger partial charge < -0.3 is 15.4 Å². The highest BCUT2D eigenvalue weighted by Crippen LogP contribution is 2.29. The molecule has 0 aliphatic carbocycles. The van der Waals surface area contributed by atoms with E-state index in [-0.39, 0.29) is 12.6 Å². The van der Waals surface area contributed by atoms with Crippen LogP contribution in [-0.4, -0.2) is 43.8 Å². The Bertz CT molecular complexity index is 793. The molecule has 2 amide bonds. The predicted molar refractivity (Wildman–Crippen MR) is 103 cm³/mol. The third kappa shape index (κ3) is 6.47. The molecule has 1 fully saturated rings. The predicted octanol–water partition coefficient (Wildman–Crippen LogP) is 3.58. The summed E-state index contributed by atoms with van der Waals surface area (Å²) in [7, 11) is 0. The Morgan fingerprint density at radius 3 is 2.48 bits per heavy atom. The van der Waals surface area contributed by atoms with Crippen molar-refractivity contribution in [2.45, 2.75) is 18.8 Å². The SMILES string of the molecule is O=C(NCc1cccc(C(F)(F)F)c1)NC(CN1CCOCC1)c1ccccc1. The number of amides is 2. The van der Waals surface area contributed by atoms with Gasteiger partial charge in [-0.05, 0) is 23.3 Å². The second kappa shape index (κ2) is 9.76. The number of ether oxygens (including phenoxy) is 1. The Morgan fingerprint density at radius 2 is 1.79 bits per heavy atom. The van der Waals surface area contributed by atoms with Crippen molar-refractivity contribution in [3.63, 3.8) is 0 Å². The number of benzene rings is 2. The van der Waals surface area contributed by atoms with Crippen molar-refractivity contribution in [1.82, 2.24) is 15.5 Å². The summed E-state index contributed by atoms with van der Waals surface area (Å²) in [6.07, 6.45) is -4.41. The number of morpholine rings is 1. The highest BCUT2D eigenvalue weighted by molar-refractivity contribution is 5.74. The van der Waals surface area contributed by atoms with E-state index in [1.165, 1.54) is 6.07 Å². The molecule has 0 spiro atoms. The number of rotatable bonds is 6. The molecule has 1 heterocycles. The van der Waals surface area contributed by atoms with Crippen LogP contribution >= 0.6 is 0 Å². The van der Waals surface area contributed by atoms with Gasteiger partial charge in [-0.2, -0.15) is 13.2 Å². The van der Waals surface area contributed by atoms with Crippen LogP contribution < -0.4 is 10.6 Å². The molecule has 1 saturated heterocycles. The lowest BCUT2D eigenvalue weighted by Gasteiger charge is -2.31. The number of carbonyl (C=O) groups excluding carboxylic acids is 1. The second-order valence-corrected chi connectivity index (χ2v) is 6.90. The minimum absolute atomic E-state index is 0.00875. The maximum atomic E-state index is 12.8. The molecule has 3 rings (SSSR count). The van der Waals surface area contributed by atoms with Gasteiger partial charge in [0.15, 0.2) is 0 Å². The van der Waals surface area contributed by atoms with E-state index in [1.807, 2.05) is 30.3 Å². The number of halogens is 3. The number of nitrogens with one attached hydrogen (secondary N) is 2. The lowest BCUT2D eigenvalue weighted by Crippen LogP contribution is -2.45. The summed E-state index contributed by atoms with van der Waals surface area (Å²) in [5.74, 6) is 0. The molecule has 8 heteroatoms. The molecular formula is C21H24F3N3O2. The summed E-state index contributed by atoms with van der Waals surface area (Å²) >= 11 is 0. The van der Waals surface area contributed by atoms with Crippen molar-refractivity contribution in [2.24, 2.45) is 0 Å². The fourth-order valence-electron chi connectivity index (χ4n) is 3.21. The average molecular weight is 407 g/mol. The van der Waals surface area contributed by atoms with Gasteiger partial charge in [-0.1, -0.05) is 42.5 Å². The number of nitrogens with zero attached hydrogens (tertiary/aromatic N) is 1. The first-order valence-electron chi connectivity index (χ1n) is 9.47. The minimum atomic E-state index is -4.41. The van der Waals surface area contributed by atoms with Crippen LogP contribution in [0, 0.1) is 0 Å². The molecule has 0 radical (unpaired) electrons. The number of alkyl halides is 3. The van der Waals surface area contributed by atoms with E-state index in [9.17, 15) is 18.0 Å². The average Bonchev–Trinajstić information content (AvgIpc) is 2.73. The zero-order chi connectivity index (χ0) is 20.7. The van der Waals surface area contributed by atoms with Crippen LogP contribution in [0.3, 0.4) is 0 Å². The molecule has 0 bridgehead atoms. The molecule has 2 aromatic carbocycles. The van der Waals surface area contributed by atoms with Crippen molar-refractivity contribution in [1.29, 1.82) is 0 Å². The Kier molecular flexibility index (Phi) is 7.11. The van der Waals surface area contributed by atoms with Crippen molar-refractivity contribution < 1.29 is 22.7 Å². The van der Waals surface area contributed by atoms with Gasteiger partial charge in [0.1, 0.15) is 0 Å². The molecule has 5 nitrogen and oxygen atoms in total. The summed E-state index contributed by atoms with van der Waals surface area (Å²) in [6, 6.07) is 13.9. The first kappa shape index (κ1) is 21.1. The van der Waals surface area contributed by atoms with Gasteiger partial charge in [0, 0.05) is 26.2 Å². The molecule has 156 valence electrons. The molecule has 1 unspecified atom stereocenters. The van der Waals surface area contributed by atoms with E-state index in [0.29, 0.717) is 25.3 Å². The quantitative estimate of drug-likeness (QED) is 0.770. The van der Waals surface area contributed by atoms with Crippen LogP contribution in [0.5, 0.6) is 0 Å². The molecular weight excluding hydrogens is 383 g/mol. The van der Waals surface area contributed by atoms with Gasteiger partial charge >= 0.3 is 12.2 Å². The molecule has 29 heavy (non-hydrogen) atoms. The van der Waals surface area contributed by atoms with Gasteiger partial charge in [0.2, 0.25) is 0 Å². The van der Waals surface area contributed by atoms with Crippen LogP contribution in [-0.2, 0) is 17.5 Å². The standard InChI is InChI=1S/C21H24F3N3O2/c22-21(23,24)18-8-4-5-16(13-18)14-25-20(28)26-19(17-6-2-1-3-7-17)15-27-9-11-29-12-10-27/h1-8,13,19H,9-12,14-15H2,(H2,25,26,28). The highest BCUT2D eigenvalue weighted by Gasteiger charge is 2.30. The normalized spacial score (nSPS) is 16.2. The molecule has 0 aromatic heterocycles. The maximum absolute atomic E-state index is 12.8. The summed E-state index contributed by atoms with van der Waals surface area (Å²) in [5, 5.41) is 5.60. The van der Waals surface area contributed by atoms with Gasteiger partial charge in [0.25, 0.3) is 0 Å². The number of urea groups is 1. The largest absolute Gasteiger partial charge is 0.416 e. The van der Waals surface area contributed by atoms with E-state index < -0.39 is 17.8 Å². The molecule has 1 aliphatic heterocycles. The van der Waals surface area contributed by atoms with Crippen LogP contribution in [0.2, 0.25) is 0 Å². The van der Waals surface area contributed by atoms with Crippen molar-refractivity contribution in [2.75, 3.05) is 32.8 Å². The zero-order valence-electron chi connectivity index (χ0n) is 15.9. The van der Waals surface area contributed by atoms with Crippen LogP contribution in [0.25, 0.3) is 0 Å². The molecule has 1 aliphatic rings. The summed E-state index contributed by atoms with van der Waals surface area (Å²) in [4.78, 5) is 14.7. The lowest BCUT2D eigenvalue weighted by atomic mass is 10.1. The third-order valence-electron chi connectivity index (χ3n) is 4.76.